The summed E-state index contributed by atoms with van der Waals surface area (Å²) in [5.41, 5.74) is 3.85. The number of carbonyl (C=O) groups is 2. The highest BCUT2D eigenvalue weighted by atomic mass is 16.2. The largest absolute Gasteiger partial charge is 0.354 e. The number of piperidine rings is 1. The summed E-state index contributed by atoms with van der Waals surface area (Å²) >= 11 is 0. The number of nitrogens with zero attached hydrogens (tertiary/aromatic N) is 3. The minimum Gasteiger partial charge on any atom is -0.354 e. The van der Waals surface area contributed by atoms with Crippen LogP contribution < -0.4 is 5.32 Å². The topological polar surface area (TPSA) is 75.2 Å². The van der Waals surface area contributed by atoms with E-state index in [0.29, 0.717) is 28.9 Å². The number of carbonyl (C=O) groups excluding carboxylic acids is 2. The van der Waals surface area contributed by atoms with Crippen LogP contribution in [0.25, 0.3) is 11.1 Å². The van der Waals surface area contributed by atoms with Gasteiger partial charge in [-0.1, -0.05) is 18.6 Å². The Balaban J connectivity index is 1.18. The van der Waals surface area contributed by atoms with Crippen molar-refractivity contribution in [2.24, 2.45) is 11.3 Å². The number of rotatable bonds is 4. The summed E-state index contributed by atoms with van der Waals surface area (Å²) in [5.74, 6) is 0.950. The van der Waals surface area contributed by atoms with E-state index in [1.54, 1.807) is 19.3 Å². The van der Waals surface area contributed by atoms with Crippen LogP contribution >= 0.6 is 0 Å². The lowest BCUT2D eigenvalue weighted by molar-refractivity contribution is -0.135. The van der Waals surface area contributed by atoms with Crippen LogP contribution in [0, 0.1) is 11.3 Å². The van der Waals surface area contributed by atoms with Crippen molar-refractivity contribution in [2.45, 2.75) is 44.4 Å². The number of nitrogens with one attached hydrogen (secondary N) is 1. The molecule has 30 heavy (non-hydrogen) atoms. The zero-order valence-corrected chi connectivity index (χ0v) is 17.4. The van der Waals surface area contributed by atoms with Gasteiger partial charge in [-0.15, -0.1) is 0 Å². The lowest BCUT2D eigenvalue weighted by atomic mass is 9.79. The molecule has 0 aromatic carbocycles. The maximum absolute atomic E-state index is 12.8. The molecule has 2 amide bonds. The van der Waals surface area contributed by atoms with Gasteiger partial charge in [-0.3, -0.25) is 19.6 Å². The molecule has 3 fully saturated rings. The van der Waals surface area contributed by atoms with Crippen molar-refractivity contribution < 1.29 is 9.59 Å². The first-order valence-corrected chi connectivity index (χ1v) is 11.0. The molecule has 1 atom stereocenters. The zero-order valence-electron chi connectivity index (χ0n) is 17.4. The fourth-order valence-corrected chi connectivity index (χ4v) is 5.14. The fraction of sp³-hybridized carbons (Fsp3) is 0.500. The average Bonchev–Trinajstić information content (AvgIpc) is 3.55. The average molecular weight is 405 g/mol. The molecular weight excluding hydrogens is 376 g/mol. The molecule has 2 aromatic rings. The molecule has 0 radical (unpaired) electrons. The van der Waals surface area contributed by atoms with Crippen molar-refractivity contribution >= 4 is 11.8 Å². The van der Waals surface area contributed by atoms with Crippen LogP contribution in [-0.2, 0) is 4.79 Å². The Bertz CT molecular complexity index is 942. The summed E-state index contributed by atoms with van der Waals surface area (Å²) in [6, 6.07) is 7.78. The molecule has 6 heteroatoms. The van der Waals surface area contributed by atoms with Crippen molar-refractivity contribution in [3.05, 3.63) is 48.0 Å². The molecule has 156 valence electrons. The third-order valence-corrected chi connectivity index (χ3v) is 7.40. The highest BCUT2D eigenvalue weighted by Gasteiger charge is 2.61. The molecule has 2 saturated carbocycles. The second-order valence-corrected chi connectivity index (χ2v) is 9.06. The normalized spacial score (nSPS) is 22.4. The molecule has 5 rings (SSSR count). The number of aromatic nitrogens is 2. The number of likely N-dealkylation sites (tertiary alicyclic amines) is 1. The molecule has 1 spiro atoms. The summed E-state index contributed by atoms with van der Waals surface area (Å²) in [6.45, 7) is 1.70. The predicted octanol–water partition coefficient (Wildman–Crippen LogP) is 3.40. The van der Waals surface area contributed by atoms with Crippen LogP contribution in [0.2, 0.25) is 0 Å². The number of pyridine rings is 2. The van der Waals surface area contributed by atoms with Crippen molar-refractivity contribution in [1.29, 1.82) is 0 Å². The third-order valence-electron chi connectivity index (χ3n) is 7.40. The Labute approximate surface area is 177 Å². The van der Waals surface area contributed by atoms with Gasteiger partial charge in [0, 0.05) is 61.2 Å². The molecule has 3 heterocycles. The van der Waals surface area contributed by atoms with Gasteiger partial charge in [0.2, 0.25) is 5.91 Å². The maximum atomic E-state index is 12.8. The van der Waals surface area contributed by atoms with E-state index in [4.69, 9.17) is 4.98 Å². The van der Waals surface area contributed by atoms with Crippen molar-refractivity contribution in [3.63, 3.8) is 0 Å². The van der Waals surface area contributed by atoms with Crippen LogP contribution in [0.15, 0.2) is 36.7 Å². The Kier molecular flexibility index (Phi) is 4.80. The molecule has 1 saturated heterocycles. The third kappa shape index (κ3) is 3.38. The van der Waals surface area contributed by atoms with Gasteiger partial charge in [0.05, 0.1) is 0 Å². The molecule has 1 unspecified atom stereocenters. The Hall–Kier alpha value is -2.76. The molecule has 6 nitrogen and oxygen atoms in total. The minimum atomic E-state index is -0.190. The fourth-order valence-electron chi connectivity index (χ4n) is 5.14. The minimum absolute atomic E-state index is 0.190. The molecule has 1 N–H and O–H groups in total. The van der Waals surface area contributed by atoms with Crippen molar-refractivity contribution in [3.8, 4) is 11.1 Å². The van der Waals surface area contributed by atoms with Crippen molar-refractivity contribution in [1.82, 2.24) is 20.2 Å². The monoisotopic (exact) mass is 404 g/mol. The molecule has 2 aliphatic carbocycles. The van der Waals surface area contributed by atoms with Gasteiger partial charge in [-0.05, 0) is 49.7 Å². The SMILES string of the molecule is CNC(=O)c1ccc(-c2ccc(C3CCN(C(=O)C4CC45CCC5)CC3)nc2)cn1. The van der Waals surface area contributed by atoms with E-state index in [0.717, 1.165) is 49.2 Å². The summed E-state index contributed by atoms with van der Waals surface area (Å²) < 4.78 is 0. The standard InChI is InChI=1S/C24H28N4O2/c1-25-22(29)21-6-4-18(15-27-21)17-3-5-20(26-14-17)16-7-11-28(12-8-16)23(30)19-13-24(19)9-2-10-24/h3-6,14-16,19H,2,7-13H2,1H3,(H,25,29). The van der Waals surface area contributed by atoms with Crippen LogP contribution in [0.4, 0.5) is 0 Å². The van der Waals surface area contributed by atoms with Crippen LogP contribution in [0.1, 0.15) is 60.6 Å². The highest BCUT2D eigenvalue weighted by molar-refractivity contribution is 5.92. The first-order valence-electron chi connectivity index (χ1n) is 11.0. The smallest absolute Gasteiger partial charge is 0.269 e. The summed E-state index contributed by atoms with van der Waals surface area (Å²) in [6.07, 6.45) is 10.5. The predicted molar refractivity (Wildman–Crippen MR) is 114 cm³/mol. The van der Waals surface area contributed by atoms with Gasteiger partial charge < -0.3 is 10.2 Å². The Morgan fingerprint density at radius 3 is 2.23 bits per heavy atom. The van der Waals surface area contributed by atoms with E-state index >= 15 is 0 Å². The molecule has 2 aromatic heterocycles. The van der Waals surface area contributed by atoms with Gasteiger partial charge >= 0.3 is 0 Å². The van der Waals surface area contributed by atoms with E-state index in [1.807, 2.05) is 12.3 Å². The van der Waals surface area contributed by atoms with Crippen LogP contribution in [-0.4, -0.2) is 46.8 Å². The first-order chi connectivity index (χ1) is 14.6. The van der Waals surface area contributed by atoms with E-state index < -0.39 is 0 Å². The second kappa shape index (κ2) is 7.49. The Morgan fingerprint density at radius 2 is 1.73 bits per heavy atom. The second-order valence-electron chi connectivity index (χ2n) is 9.06. The van der Waals surface area contributed by atoms with Gasteiger partial charge in [-0.2, -0.15) is 0 Å². The van der Waals surface area contributed by atoms with Crippen molar-refractivity contribution in [2.75, 3.05) is 20.1 Å². The lowest BCUT2D eigenvalue weighted by Gasteiger charge is -2.34. The van der Waals surface area contributed by atoms with E-state index in [1.165, 1.54) is 19.3 Å². The molecule has 1 aliphatic heterocycles. The van der Waals surface area contributed by atoms with E-state index in [2.05, 4.69) is 27.3 Å². The number of hydrogen-bond acceptors (Lipinski definition) is 4. The van der Waals surface area contributed by atoms with Crippen LogP contribution in [0.5, 0.6) is 0 Å². The number of hydrogen-bond donors (Lipinski definition) is 1. The van der Waals surface area contributed by atoms with Gasteiger partial charge in [0.1, 0.15) is 5.69 Å². The zero-order chi connectivity index (χ0) is 20.7. The van der Waals surface area contributed by atoms with E-state index in [9.17, 15) is 9.59 Å². The summed E-state index contributed by atoms with van der Waals surface area (Å²) in [5, 5.41) is 2.58. The lowest BCUT2D eigenvalue weighted by Crippen LogP contribution is -2.40. The highest BCUT2D eigenvalue weighted by Crippen LogP contribution is 2.66. The summed E-state index contributed by atoms with van der Waals surface area (Å²) in [7, 11) is 1.59. The summed E-state index contributed by atoms with van der Waals surface area (Å²) in [4.78, 5) is 35.4. The molecule has 0 bridgehead atoms. The quantitative estimate of drug-likeness (QED) is 0.847. The molecule has 3 aliphatic rings. The molecular formula is C24H28N4O2. The number of amides is 2. The van der Waals surface area contributed by atoms with Gasteiger partial charge in [-0.25, -0.2) is 0 Å². The van der Waals surface area contributed by atoms with E-state index in [-0.39, 0.29) is 5.91 Å². The maximum Gasteiger partial charge on any atom is 0.269 e. The van der Waals surface area contributed by atoms with Gasteiger partial charge in [0.15, 0.2) is 0 Å². The van der Waals surface area contributed by atoms with Crippen LogP contribution in [0.3, 0.4) is 0 Å². The first kappa shape index (κ1) is 19.2. The Morgan fingerprint density at radius 1 is 1.03 bits per heavy atom. The van der Waals surface area contributed by atoms with Gasteiger partial charge in [0.25, 0.3) is 5.91 Å².